The Labute approximate surface area is 228 Å². The zero-order valence-corrected chi connectivity index (χ0v) is 23.6. The summed E-state index contributed by atoms with van der Waals surface area (Å²) in [6, 6.07) is 0. The van der Waals surface area contributed by atoms with Crippen LogP contribution < -0.4 is 10.9 Å². The second kappa shape index (κ2) is 11.1. The van der Waals surface area contributed by atoms with E-state index in [1.165, 1.54) is 35.1 Å². The second-order valence-electron chi connectivity index (χ2n) is 9.73. The molecule has 3 aromatic rings. The normalized spacial score (nSPS) is 17.1. The second-order valence-corrected chi connectivity index (χ2v) is 12.9. The summed E-state index contributed by atoms with van der Waals surface area (Å²) in [6.07, 6.45) is 9.62. The molecule has 0 unspecified atom stereocenters. The number of fused-ring (bicyclic) bond motifs is 4. The van der Waals surface area contributed by atoms with E-state index >= 15 is 0 Å². The van der Waals surface area contributed by atoms with E-state index in [1.54, 1.807) is 22.0 Å². The number of carbonyl (C=O) groups excluding carboxylic acids is 2. The Morgan fingerprint density at radius 3 is 2.78 bits per heavy atom. The van der Waals surface area contributed by atoms with Gasteiger partial charge in [0.15, 0.2) is 5.16 Å². The summed E-state index contributed by atoms with van der Waals surface area (Å²) in [5.74, 6) is 0.0201. The maximum Gasteiger partial charge on any atom is 0.341 e. The minimum atomic E-state index is -0.412. The highest BCUT2D eigenvalue weighted by Gasteiger charge is 2.27. The van der Waals surface area contributed by atoms with Gasteiger partial charge in [-0.3, -0.25) is 14.2 Å². The summed E-state index contributed by atoms with van der Waals surface area (Å²) >= 11 is 4.32. The summed E-state index contributed by atoms with van der Waals surface area (Å²) in [7, 11) is 1.37. The van der Waals surface area contributed by atoms with Gasteiger partial charge in [0.1, 0.15) is 9.83 Å². The van der Waals surface area contributed by atoms with Gasteiger partial charge in [0.05, 0.1) is 23.8 Å². The maximum absolute atomic E-state index is 13.5. The Morgan fingerprint density at radius 2 is 2.00 bits per heavy atom. The highest BCUT2D eigenvalue weighted by Crippen LogP contribution is 2.39. The molecule has 0 saturated carbocycles. The molecule has 3 aromatic heterocycles. The van der Waals surface area contributed by atoms with Crippen molar-refractivity contribution >= 4 is 61.5 Å². The highest BCUT2D eigenvalue weighted by molar-refractivity contribution is 7.99. The quantitative estimate of drug-likeness (QED) is 0.133. The van der Waals surface area contributed by atoms with Crippen LogP contribution in [0.5, 0.6) is 0 Å². The molecule has 7 nitrogen and oxygen atoms in total. The molecule has 37 heavy (non-hydrogen) atoms. The van der Waals surface area contributed by atoms with Crippen LogP contribution in [-0.2, 0) is 41.8 Å². The number of aryl methyl sites for hydroxylation is 2. The van der Waals surface area contributed by atoms with Crippen LogP contribution in [0.3, 0.4) is 0 Å². The molecule has 0 spiro atoms. The molecule has 0 saturated heterocycles. The molecule has 1 amide bonds. The maximum atomic E-state index is 13.5. The molecule has 196 valence electrons. The number of nitrogens with one attached hydrogen (secondary N) is 1. The predicted molar refractivity (Wildman–Crippen MR) is 152 cm³/mol. The Hall–Kier alpha value is -2.43. The lowest BCUT2D eigenvalue weighted by Gasteiger charge is -2.17. The van der Waals surface area contributed by atoms with Gasteiger partial charge >= 0.3 is 5.97 Å². The predicted octanol–water partition coefficient (Wildman–Crippen LogP) is 5.62. The van der Waals surface area contributed by atoms with Gasteiger partial charge in [-0.05, 0) is 62.0 Å². The van der Waals surface area contributed by atoms with Crippen LogP contribution in [0, 0.1) is 5.92 Å². The molecule has 10 heteroatoms. The van der Waals surface area contributed by atoms with Crippen molar-refractivity contribution in [3.63, 3.8) is 0 Å². The molecule has 0 aromatic carbocycles. The molecule has 3 heterocycles. The number of anilines is 1. The molecule has 5 rings (SSSR count). The van der Waals surface area contributed by atoms with Crippen molar-refractivity contribution in [2.75, 3.05) is 18.2 Å². The van der Waals surface area contributed by atoms with Crippen LogP contribution >= 0.6 is 34.4 Å². The number of esters is 1. The SMILES string of the molecule is C=CCn1c(SCC(=O)Nc2sc3c(c2C(=O)OC)CCCCC3)nc2sc3c(c2c1=O)CC[C@@H](C)C3. The van der Waals surface area contributed by atoms with Crippen LogP contribution in [0.2, 0.25) is 0 Å². The van der Waals surface area contributed by atoms with Gasteiger partial charge in [-0.15, -0.1) is 29.3 Å². The van der Waals surface area contributed by atoms with Gasteiger partial charge in [0.25, 0.3) is 5.56 Å². The third-order valence-corrected chi connectivity index (χ3v) is 10.4. The van der Waals surface area contributed by atoms with Crippen molar-refractivity contribution in [2.24, 2.45) is 5.92 Å². The molecule has 0 bridgehead atoms. The van der Waals surface area contributed by atoms with E-state index in [9.17, 15) is 14.4 Å². The fourth-order valence-electron chi connectivity index (χ4n) is 5.25. The minimum absolute atomic E-state index is 0.0603. The number of thioether (sulfide) groups is 1. The zero-order valence-electron chi connectivity index (χ0n) is 21.2. The number of rotatable bonds is 7. The Morgan fingerprint density at radius 1 is 1.19 bits per heavy atom. The van der Waals surface area contributed by atoms with E-state index in [2.05, 4.69) is 18.8 Å². The number of nitrogens with zero attached hydrogens (tertiary/aromatic N) is 2. The summed E-state index contributed by atoms with van der Waals surface area (Å²) in [4.78, 5) is 47.1. The lowest BCUT2D eigenvalue weighted by molar-refractivity contribution is -0.113. The monoisotopic (exact) mass is 557 g/mol. The smallest absolute Gasteiger partial charge is 0.341 e. The van der Waals surface area contributed by atoms with E-state index in [0.717, 1.165) is 77.6 Å². The fraction of sp³-hybridized carbons (Fsp3) is 0.481. The Bertz CT molecular complexity index is 1430. The molecule has 1 N–H and O–H groups in total. The first-order valence-electron chi connectivity index (χ1n) is 12.7. The largest absolute Gasteiger partial charge is 0.465 e. The van der Waals surface area contributed by atoms with Crippen LogP contribution in [0.1, 0.15) is 63.8 Å². The highest BCUT2D eigenvalue weighted by atomic mass is 32.2. The number of aromatic nitrogens is 2. The van der Waals surface area contributed by atoms with Crippen LogP contribution in [0.25, 0.3) is 10.2 Å². The third-order valence-electron chi connectivity index (χ3n) is 7.09. The molecular formula is C27H31N3O4S3. The minimum Gasteiger partial charge on any atom is -0.465 e. The number of methoxy groups -OCH3 is 1. The standard InChI is InChI=1S/C27H31N3O4S3/c1-4-12-30-25(32)21-17-11-10-15(2)13-19(17)37-23(21)29-27(30)35-14-20(31)28-24-22(26(33)34-3)16-8-6-5-7-9-18(16)36-24/h4,15H,1,5-14H2,2-3H3,(H,28,31)/t15-/m1/s1. The molecular weight excluding hydrogens is 527 g/mol. The lowest BCUT2D eigenvalue weighted by Crippen LogP contribution is -2.24. The number of thiophene rings is 2. The first-order chi connectivity index (χ1) is 17.9. The van der Waals surface area contributed by atoms with Crippen molar-refractivity contribution in [3.8, 4) is 0 Å². The summed E-state index contributed by atoms with van der Waals surface area (Å²) in [5.41, 5.74) is 2.59. The van der Waals surface area contributed by atoms with E-state index in [-0.39, 0.29) is 17.2 Å². The van der Waals surface area contributed by atoms with Gasteiger partial charge < -0.3 is 10.1 Å². The average Bonchev–Trinajstić information content (AvgIpc) is 3.31. The van der Waals surface area contributed by atoms with Crippen molar-refractivity contribution < 1.29 is 14.3 Å². The van der Waals surface area contributed by atoms with Crippen LogP contribution in [-0.4, -0.2) is 34.3 Å². The van der Waals surface area contributed by atoms with Gasteiger partial charge in [0, 0.05) is 16.3 Å². The van der Waals surface area contributed by atoms with E-state index in [0.29, 0.717) is 28.2 Å². The number of allylic oxidation sites excluding steroid dienone is 1. The average molecular weight is 558 g/mol. The molecule has 0 radical (unpaired) electrons. The van der Waals surface area contributed by atoms with E-state index in [4.69, 9.17) is 9.72 Å². The number of hydrogen-bond acceptors (Lipinski definition) is 8. The molecule has 0 aliphatic heterocycles. The van der Waals surface area contributed by atoms with Crippen molar-refractivity contribution in [1.29, 1.82) is 0 Å². The van der Waals surface area contributed by atoms with Gasteiger partial charge in [-0.2, -0.15) is 0 Å². The first-order valence-corrected chi connectivity index (χ1v) is 15.3. The summed E-state index contributed by atoms with van der Waals surface area (Å²) in [6.45, 7) is 6.39. The molecule has 0 fully saturated rings. The number of hydrogen-bond donors (Lipinski definition) is 1. The molecule has 2 aliphatic carbocycles. The summed E-state index contributed by atoms with van der Waals surface area (Å²) in [5, 5.41) is 4.73. The number of carbonyl (C=O) groups is 2. The van der Waals surface area contributed by atoms with Crippen molar-refractivity contribution in [3.05, 3.63) is 49.5 Å². The Balaban J connectivity index is 1.40. The fourth-order valence-corrected chi connectivity index (χ4v) is 8.77. The van der Waals surface area contributed by atoms with Gasteiger partial charge in [-0.25, -0.2) is 9.78 Å². The zero-order chi connectivity index (χ0) is 26.1. The molecule has 2 aliphatic rings. The topological polar surface area (TPSA) is 90.3 Å². The van der Waals surface area contributed by atoms with Gasteiger partial charge in [-0.1, -0.05) is 31.2 Å². The summed E-state index contributed by atoms with van der Waals surface area (Å²) < 4.78 is 6.66. The Kier molecular flexibility index (Phi) is 7.88. The third kappa shape index (κ3) is 5.15. The van der Waals surface area contributed by atoms with E-state index in [1.807, 2.05) is 0 Å². The first kappa shape index (κ1) is 26.2. The van der Waals surface area contributed by atoms with Crippen molar-refractivity contribution in [2.45, 2.75) is 70.0 Å². The van der Waals surface area contributed by atoms with Gasteiger partial charge in [0.2, 0.25) is 5.91 Å². The number of amides is 1. The number of ether oxygens (including phenoxy) is 1. The lowest BCUT2D eigenvalue weighted by atomic mass is 9.89. The van der Waals surface area contributed by atoms with Crippen LogP contribution in [0.15, 0.2) is 22.6 Å². The van der Waals surface area contributed by atoms with Crippen LogP contribution in [0.4, 0.5) is 5.00 Å². The van der Waals surface area contributed by atoms with Crippen molar-refractivity contribution in [1.82, 2.24) is 9.55 Å². The van der Waals surface area contributed by atoms with E-state index < -0.39 is 5.97 Å². The molecule has 1 atom stereocenters.